The summed E-state index contributed by atoms with van der Waals surface area (Å²) in [6, 6.07) is 21.6. The summed E-state index contributed by atoms with van der Waals surface area (Å²) in [6.07, 6.45) is 3.64. The Morgan fingerprint density at radius 2 is 1.83 bits per heavy atom. The van der Waals surface area contributed by atoms with Gasteiger partial charge in [-0.2, -0.15) is 0 Å². The molecule has 4 aromatic rings. The van der Waals surface area contributed by atoms with Crippen molar-refractivity contribution in [1.82, 2.24) is 4.57 Å². The number of aromatic nitrogens is 1. The Morgan fingerprint density at radius 3 is 2.74 bits per heavy atom. The molecule has 2 aliphatic heterocycles. The van der Waals surface area contributed by atoms with Gasteiger partial charge in [0, 0.05) is 10.6 Å². The number of thiazole rings is 1. The summed E-state index contributed by atoms with van der Waals surface area (Å²) in [5, 5.41) is 0.649. The fourth-order valence-corrected chi connectivity index (χ4v) is 6.39. The second kappa shape index (κ2) is 7.97. The van der Waals surface area contributed by atoms with Crippen LogP contribution in [0.2, 0.25) is 5.02 Å². The molecule has 0 radical (unpaired) electrons. The molecular formula is C28H19ClN2O3S. The SMILES string of the molecule is O=c1c(=Cc2ccc3c(c2)OCO3)sc2n1[C@H](c1ccccc1Cl)C1=C(N=2)c2ccccc2CC1. The van der Waals surface area contributed by atoms with Gasteiger partial charge in [0.25, 0.3) is 5.56 Å². The van der Waals surface area contributed by atoms with Crippen LogP contribution in [0.5, 0.6) is 11.5 Å². The Kier molecular flexibility index (Phi) is 4.72. The molecule has 172 valence electrons. The minimum absolute atomic E-state index is 0.0678. The number of rotatable bonds is 2. The lowest BCUT2D eigenvalue weighted by Crippen LogP contribution is -2.38. The van der Waals surface area contributed by atoms with Crippen LogP contribution >= 0.6 is 22.9 Å². The van der Waals surface area contributed by atoms with Crippen molar-refractivity contribution in [2.45, 2.75) is 18.9 Å². The van der Waals surface area contributed by atoms with Crippen molar-refractivity contribution in [2.24, 2.45) is 4.99 Å². The minimum Gasteiger partial charge on any atom is -0.454 e. The van der Waals surface area contributed by atoms with Crippen molar-refractivity contribution in [1.29, 1.82) is 0 Å². The van der Waals surface area contributed by atoms with Crippen LogP contribution in [0.3, 0.4) is 0 Å². The largest absolute Gasteiger partial charge is 0.454 e. The molecule has 3 aromatic carbocycles. The fraction of sp³-hybridized carbons (Fsp3) is 0.143. The first-order chi connectivity index (χ1) is 17.2. The van der Waals surface area contributed by atoms with Gasteiger partial charge in [-0.1, -0.05) is 71.5 Å². The van der Waals surface area contributed by atoms with Crippen LogP contribution in [0.15, 0.2) is 82.1 Å². The maximum Gasteiger partial charge on any atom is 0.271 e. The monoisotopic (exact) mass is 498 g/mol. The Labute approximate surface area is 209 Å². The molecule has 3 aliphatic rings. The van der Waals surface area contributed by atoms with Crippen LogP contribution in [0.25, 0.3) is 11.8 Å². The van der Waals surface area contributed by atoms with Gasteiger partial charge in [-0.15, -0.1) is 0 Å². The molecule has 0 N–H and O–H groups in total. The molecule has 3 heterocycles. The van der Waals surface area contributed by atoms with E-state index in [1.807, 2.05) is 59.2 Å². The Bertz CT molecular complexity index is 1730. The zero-order valence-corrected chi connectivity index (χ0v) is 20.1. The van der Waals surface area contributed by atoms with E-state index in [-0.39, 0.29) is 18.4 Å². The van der Waals surface area contributed by atoms with Gasteiger partial charge >= 0.3 is 0 Å². The van der Waals surface area contributed by atoms with Crippen molar-refractivity contribution in [3.8, 4) is 11.5 Å². The number of aryl methyl sites for hydroxylation is 1. The lowest BCUT2D eigenvalue weighted by Gasteiger charge is -2.31. The highest BCUT2D eigenvalue weighted by atomic mass is 35.5. The Balaban J connectivity index is 1.48. The quantitative estimate of drug-likeness (QED) is 0.402. The van der Waals surface area contributed by atoms with Gasteiger partial charge in [0.2, 0.25) is 6.79 Å². The second-order valence-electron chi connectivity index (χ2n) is 8.75. The minimum atomic E-state index is -0.290. The highest BCUT2D eigenvalue weighted by Gasteiger charge is 2.33. The van der Waals surface area contributed by atoms with Crippen molar-refractivity contribution in [2.75, 3.05) is 6.79 Å². The highest BCUT2D eigenvalue weighted by Crippen LogP contribution is 2.42. The lowest BCUT2D eigenvalue weighted by molar-refractivity contribution is 0.174. The number of fused-ring (bicyclic) bond motifs is 4. The van der Waals surface area contributed by atoms with Crippen LogP contribution in [0, 0.1) is 0 Å². The Morgan fingerprint density at radius 1 is 1.00 bits per heavy atom. The summed E-state index contributed by atoms with van der Waals surface area (Å²) in [4.78, 5) is 19.6. The number of benzene rings is 3. The first kappa shape index (κ1) is 20.7. The summed E-state index contributed by atoms with van der Waals surface area (Å²) >= 11 is 8.10. The van der Waals surface area contributed by atoms with Crippen molar-refractivity contribution >= 4 is 34.7 Å². The van der Waals surface area contributed by atoms with E-state index in [0.717, 1.165) is 40.8 Å². The van der Waals surface area contributed by atoms with Crippen molar-refractivity contribution in [3.63, 3.8) is 0 Å². The van der Waals surface area contributed by atoms with Crippen LogP contribution in [-0.2, 0) is 6.42 Å². The molecule has 7 rings (SSSR count). The van der Waals surface area contributed by atoms with E-state index < -0.39 is 0 Å². The molecule has 0 spiro atoms. The van der Waals surface area contributed by atoms with E-state index in [2.05, 4.69) is 18.2 Å². The molecule has 0 saturated heterocycles. The molecular weight excluding hydrogens is 480 g/mol. The number of allylic oxidation sites excluding steroid dienone is 1. The number of nitrogens with zero attached hydrogens (tertiary/aromatic N) is 2. The molecule has 1 aromatic heterocycles. The predicted molar refractivity (Wildman–Crippen MR) is 137 cm³/mol. The zero-order valence-electron chi connectivity index (χ0n) is 18.5. The van der Waals surface area contributed by atoms with Crippen LogP contribution < -0.4 is 24.4 Å². The standard InChI is InChI=1S/C28H19ClN2O3S/c29-21-8-4-3-7-19(21)26-20-11-10-17-5-1-2-6-18(17)25(20)30-28-31(26)27(32)24(35-28)14-16-9-12-22-23(13-16)34-15-33-22/h1-9,12-14,26H,10-11,15H2/t26-/m1/s1. The average molecular weight is 499 g/mol. The molecule has 0 saturated carbocycles. The normalized spacial score (nSPS) is 18.1. The summed E-state index contributed by atoms with van der Waals surface area (Å²) in [7, 11) is 0. The third-order valence-electron chi connectivity index (χ3n) is 6.77. The lowest BCUT2D eigenvalue weighted by atomic mass is 9.83. The van der Waals surface area contributed by atoms with E-state index in [1.54, 1.807) is 0 Å². The van der Waals surface area contributed by atoms with Gasteiger partial charge in [-0.05, 0) is 59.4 Å². The first-order valence-corrected chi connectivity index (χ1v) is 12.6. The molecule has 1 aliphatic carbocycles. The van der Waals surface area contributed by atoms with E-state index in [4.69, 9.17) is 26.1 Å². The maximum absolute atomic E-state index is 13.8. The molecule has 1 atom stereocenters. The molecule has 7 heteroatoms. The molecule has 35 heavy (non-hydrogen) atoms. The zero-order chi connectivity index (χ0) is 23.5. The second-order valence-corrected chi connectivity index (χ2v) is 10.2. The van der Waals surface area contributed by atoms with Crippen molar-refractivity contribution in [3.05, 3.63) is 119 Å². The summed E-state index contributed by atoms with van der Waals surface area (Å²) in [5.74, 6) is 1.40. The average Bonchev–Trinajstić information content (AvgIpc) is 3.47. The maximum atomic E-state index is 13.8. The molecule has 0 amide bonds. The van der Waals surface area contributed by atoms with Gasteiger partial charge < -0.3 is 9.47 Å². The summed E-state index contributed by atoms with van der Waals surface area (Å²) < 4.78 is 13.4. The summed E-state index contributed by atoms with van der Waals surface area (Å²) in [5.41, 5.74) is 6.26. The van der Waals surface area contributed by atoms with E-state index in [1.165, 1.54) is 16.9 Å². The topological polar surface area (TPSA) is 52.8 Å². The van der Waals surface area contributed by atoms with Gasteiger partial charge in [0.15, 0.2) is 16.3 Å². The van der Waals surface area contributed by atoms with Crippen LogP contribution in [-0.4, -0.2) is 11.4 Å². The predicted octanol–water partition coefficient (Wildman–Crippen LogP) is 4.70. The van der Waals surface area contributed by atoms with E-state index in [0.29, 0.717) is 25.9 Å². The number of ether oxygens (including phenoxy) is 2. The number of hydrogen-bond donors (Lipinski definition) is 0. The van der Waals surface area contributed by atoms with E-state index in [9.17, 15) is 4.79 Å². The van der Waals surface area contributed by atoms with Gasteiger partial charge in [0.05, 0.1) is 16.3 Å². The Hall–Kier alpha value is -3.61. The van der Waals surface area contributed by atoms with Crippen LogP contribution in [0.4, 0.5) is 0 Å². The van der Waals surface area contributed by atoms with Crippen molar-refractivity contribution < 1.29 is 9.47 Å². The fourth-order valence-electron chi connectivity index (χ4n) is 5.15. The molecule has 0 bridgehead atoms. The van der Waals surface area contributed by atoms with Gasteiger partial charge in [0.1, 0.15) is 0 Å². The number of halogens is 1. The van der Waals surface area contributed by atoms with Crippen LogP contribution in [0.1, 0.15) is 34.7 Å². The van der Waals surface area contributed by atoms with E-state index >= 15 is 0 Å². The third-order valence-corrected chi connectivity index (χ3v) is 8.09. The molecule has 0 fully saturated rings. The van der Waals surface area contributed by atoms with Gasteiger partial charge in [-0.25, -0.2) is 4.99 Å². The first-order valence-electron chi connectivity index (χ1n) is 11.4. The smallest absolute Gasteiger partial charge is 0.271 e. The summed E-state index contributed by atoms with van der Waals surface area (Å²) in [6.45, 7) is 0.214. The van der Waals surface area contributed by atoms with Gasteiger partial charge in [-0.3, -0.25) is 9.36 Å². The highest BCUT2D eigenvalue weighted by molar-refractivity contribution is 7.07. The third kappa shape index (κ3) is 3.28. The molecule has 5 nitrogen and oxygen atoms in total. The number of hydrogen-bond acceptors (Lipinski definition) is 5. The molecule has 0 unspecified atom stereocenters.